The third-order valence-electron chi connectivity index (χ3n) is 4.41. The molecule has 0 fully saturated rings. The van der Waals surface area contributed by atoms with Crippen LogP contribution in [-0.4, -0.2) is 28.0 Å². The quantitative estimate of drug-likeness (QED) is 0.665. The van der Waals surface area contributed by atoms with E-state index < -0.39 is 0 Å². The van der Waals surface area contributed by atoms with Crippen molar-refractivity contribution in [1.82, 2.24) is 20.3 Å². The van der Waals surface area contributed by atoms with Gasteiger partial charge in [0.15, 0.2) is 5.69 Å². The summed E-state index contributed by atoms with van der Waals surface area (Å²) < 4.78 is 6.95. The number of hydrogen-bond donors (Lipinski definition) is 1. The van der Waals surface area contributed by atoms with Gasteiger partial charge in [0.1, 0.15) is 5.75 Å². The highest BCUT2D eigenvalue weighted by Crippen LogP contribution is 2.19. The number of nitrogens with zero attached hydrogens (tertiary/aromatic N) is 3. The van der Waals surface area contributed by atoms with Gasteiger partial charge in [0.05, 0.1) is 19.3 Å². The van der Waals surface area contributed by atoms with Gasteiger partial charge in [0.25, 0.3) is 5.91 Å². The zero-order chi connectivity index (χ0) is 19.1. The van der Waals surface area contributed by atoms with Crippen molar-refractivity contribution < 1.29 is 9.53 Å². The molecule has 0 bridgehead atoms. The van der Waals surface area contributed by atoms with Gasteiger partial charge in [-0.2, -0.15) is 0 Å². The first-order valence-corrected chi connectivity index (χ1v) is 9.04. The number of aromatic nitrogens is 3. The van der Waals surface area contributed by atoms with Crippen molar-refractivity contribution in [2.45, 2.75) is 32.4 Å². The van der Waals surface area contributed by atoms with E-state index in [2.05, 4.69) is 27.8 Å². The smallest absolute Gasteiger partial charge is 0.273 e. The molecule has 0 aliphatic carbocycles. The van der Waals surface area contributed by atoms with E-state index in [1.54, 1.807) is 18.0 Å². The first kappa shape index (κ1) is 18.6. The van der Waals surface area contributed by atoms with E-state index in [0.717, 1.165) is 30.7 Å². The number of carbonyl (C=O) groups excluding carboxylic acids is 1. The van der Waals surface area contributed by atoms with Gasteiger partial charge in [-0.15, -0.1) is 5.10 Å². The molecule has 2 aromatic carbocycles. The molecule has 0 saturated carbocycles. The Morgan fingerprint density at radius 2 is 2.00 bits per heavy atom. The standard InChI is InChI=1S/C21H24N4O2/c1-16(18-11-6-12-19(14-18)27-2)22-21(26)20-15-25(24-23-20)13-7-10-17-8-4-3-5-9-17/h3-6,8-9,11-12,14-16H,7,10,13H2,1-2H3,(H,22,26)/t16-/m1/s1. The third kappa shape index (κ3) is 5.17. The molecule has 6 heteroatoms. The fraction of sp³-hybridized carbons (Fsp3) is 0.286. The molecule has 1 heterocycles. The Labute approximate surface area is 159 Å². The van der Waals surface area contributed by atoms with Gasteiger partial charge >= 0.3 is 0 Å². The van der Waals surface area contributed by atoms with E-state index in [1.807, 2.05) is 49.4 Å². The zero-order valence-corrected chi connectivity index (χ0v) is 15.6. The van der Waals surface area contributed by atoms with E-state index in [1.165, 1.54) is 5.56 Å². The average molecular weight is 364 g/mol. The summed E-state index contributed by atoms with van der Waals surface area (Å²) in [5, 5.41) is 11.0. The fourth-order valence-electron chi connectivity index (χ4n) is 2.87. The zero-order valence-electron chi connectivity index (χ0n) is 15.6. The lowest BCUT2D eigenvalue weighted by molar-refractivity contribution is 0.0934. The predicted octanol–water partition coefficient (Wildman–Crippen LogP) is 3.41. The van der Waals surface area contributed by atoms with Gasteiger partial charge in [-0.3, -0.25) is 9.48 Å². The molecular formula is C21H24N4O2. The summed E-state index contributed by atoms with van der Waals surface area (Å²) >= 11 is 0. The van der Waals surface area contributed by atoms with Crippen LogP contribution in [-0.2, 0) is 13.0 Å². The maximum atomic E-state index is 12.4. The van der Waals surface area contributed by atoms with Crippen molar-refractivity contribution in [1.29, 1.82) is 0 Å². The van der Waals surface area contributed by atoms with Crippen LogP contribution in [0.5, 0.6) is 5.75 Å². The molecule has 0 aliphatic heterocycles. The van der Waals surface area contributed by atoms with Gasteiger partial charge in [-0.05, 0) is 43.0 Å². The maximum Gasteiger partial charge on any atom is 0.273 e. The van der Waals surface area contributed by atoms with Crippen LogP contribution in [0.25, 0.3) is 0 Å². The Kier molecular flexibility index (Phi) is 6.20. The SMILES string of the molecule is COc1cccc([C@@H](C)NC(=O)c2cn(CCCc3ccccc3)nn2)c1. The first-order chi connectivity index (χ1) is 13.2. The number of ether oxygens (including phenoxy) is 1. The first-order valence-electron chi connectivity index (χ1n) is 9.04. The van der Waals surface area contributed by atoms with Gasteiger partial charge in [0, 0.05) is 6.54 Å². The summed E-state index contributed by atoms with van der Waals surface area (Å²) in [6.07, 6.45) is 3.60. The summed E-state index contributed by atoms with van der Waals surface area (Å²) in [5.74, 6) is 0.526. The summed E-state index contributed by atoms with van der Waals surface area (Å²) in [5.41, 5.74) is 2.59. The average Bonchev–Trinajstić information content (AvgIpc) is 3.18. The molecule has 0 radical (unpaired) electrons. The van der Waals surface area contributed by atoms with Crippen LogP contribution < -0.4 is 10.1 Å². The van der Waals surface area contributed by atoms with Crippen LogP contribution in [0.1, 0.15) is 41.0 Å². The second kappa shape index (κ2) is 8.98. The van der Waals surface area contributed by atoms with Crippen molar-refractivity contribution in [3.8, 4) is 5.75 Å². The summed E-state index contributed by atoms with van der Waals surface area (Å²) in [7, 11) is 1.62. The van der Waals surface area contributed by atoms with Crippen molar-refractivity contribution in [3.63, 3.8) is 0 Å². The van der Waals surface area contributed by atoms with Gasteiger partial charge < -0.3 is 10.1 Å². The molecular weight excluding hydrogens is 340 g/mol. The minimum Gasteiger partial charge on any atom is -0.497 e. The van der Waals surface area contributed by atoms with E-state index in [4.69, 9.17) is 4.74 Å². The summed E-state index contributed by atoms with van der Waals surface area (Å²) in [6.45, 7) is 2.65. The molecule has 0 aliphatic rings. The topological polar surface area (TPSA) is 69.0 Å². The lowest BCUT2D eigenvalue weighted by Gasteiger charge is -2.14. The molecule has 0 unspecified atom stereocenters. The van der Waals surface area contributed by atoms with Crippen molar-refractivity contribution in [2.24, 2.45) is 0 Å². The highest BCUT2D eigenvalue weighted by atomic mass is 16.5. The summed E-state index contributed by atoms with van der Waals surface area (Å²) in [4.78, 5) is 12.4. The highest BCUT2D eigenvalue weighted by molar-refractivity contribution is 5.92. The molecule has 0 spiro atoms. The van der Waals surface area contributed by atoms with Gasteiger partial charge in [-0.1, -0.05) is 47.7 Å². The van der Waals surface area contributed by atoms with Crippen molar-refractivity contribution >= 4 is 5.91 Å². The number of benzene rings is 2. The monoisotopic (exact) mass is 364 g/mol. The normalized spacial score (nSPS) is 11.8. The van der Waals surface area contributed by atoms with E-state index >= 15 is 0 Å². The number of methoxy groups -OCH3 is 1. The van der Waals surface area contributed by atoms with Gasteiger partial charge in [0.2, 0.25) is 0 Å². The number of hydrogen-bond acceptors (Lipinski definition) is 4. The molecule has 3 rings (SSSR count). The van der Waals surface area contributed by atoms with E-state index in [-0.39, 0.29) is 11.9 Å². The summed E-state index contributed by atoms with van der Waals surface area (Å²) in [6, 6.07) is 17.8. The van der Waals surface area contributed by atoms with Crippen molar-refractivity contribution in [3.05, 3.63) is 77.6 Å². The molecule has 1 atom stereocenters. The largest absolute Gasteiger partial charge is 0.497 e. The number of amides is 1. The highest BCUT2D eigenvalue weighted by Gasteiger charge is 2.15. The Hall–Kier alpha value is -3.15. The lowest BCUT2D eigenvalue weighted by Crippen LogP contribution is -2.27. The fourth-order valence-corrected chi connectivity index (χ4v) is 2.87. The van der Waals surface area contributed by atoms with E-state index in [0.29, 0.717) is 5.69 Å². The minimum atomic E-state index is -0.236. The van der Waals surface area contributed by atoms with Gasteiger partial charge in [-0.25, -0.2) is 0 Å². The van der Waals surface area contributed by atoms with Crippen LogP contribution in [0.4, 0.5) is 0 Å². The van der Waals surface area contributed by atoms with Crippen LogP contribution in [0.3, 0.4) is 0 Å². The lowest BCUT2D eigenvalue weighted by atomic mass is 10.1. The third-order valence-corrected chi connectivity index (χ3v) is 4.41. The van der Waals surface area contributed by atoms with Crippen molar-refractivity contribution in [2.75, 3.05) is 7.11 Å². The second-order valence-corrected chi connectivity index (χ2v) is 6.43. The van der Waals surface area contributed by atoms with E-state index in [9.17, 15) is 4.79 Å². The Morgan fingerprint density at radius 3 is 2.78 bits per heavy atom. The Bertz CT molecular complexity index is 877. The molecule has 1 amide bonds. The Morgan fingerprint density at radius 1 is 1.19 bits per heavy atom. The molecule has 1 N–H and O–H groups in total. The maximum absolute atomic E-state index is 12.4. The van der Waals surface area contributed by atoms with Crippen LogP contribution in [0, 0.1) is 0 Å². The molecule has 6 nitrogen and oxygen atoms in total. The molecule has 3 aromatic rings. The second-order valence-electron chi connectivity index (χ2n) is 6.43. The number of rotatable bonds is 8. The van der Waals surface area contributed by atoms with Crippen LogP contribution in [0.15, 0.2) is 60.8 Å². The Balaban J connectivity index is 1.53. The number of nitrogens with one attached hydrogen (secondary N) is 1. The molecule has 0 saturated heterocycles. The number of carbonyl (C=O) groups is 1. The predicted molar refractivity (Wildman–Crippen MR) is 104 cm³/mol. The molecule has 140 valence electrons. The van der Waals surface area contributed by atoms with Crippen LogP contribution in [0.2, 0.25) is 0 Å². The minimum absolute atomic E-state index is 0.157. The molecule has 1 aromatic heterocycles. The number of aryl methyl sites for hydroxylation is 2. The molecule has 27 heavy (non-hydrogen) atoms. The van der Waals surface area contributed by atoms with Crippen LogP contribution >= 0.6 is 0 Å².